The van der Waals surface area contributed by atoms with Crippen molar-refractivity contribution in [2.75, 3.05) is 26.2 Å². The molecule has 1 aromatic rings. The highest BCUT2D eigenvalue weighted by atomic mass is 16.6. The standard InChI is InChI=1S/C27H37BN4O6/c1-27(2,32-17-22-13-23(18-32)37-22)14-20(15-29)25(33)31-11-7-6-10-21(16-31)38-26(34)30-24(28(35)36)12-19-8-4-3-5-9-19/h3-5,8-9,14,21-24,35-36H,6-7,10-13,16-18H2,1-2H3,(H,30,34)/t21-,22?,23?,24?/m1/s1. The van der Waals surface area contributed by atoms with Crippen molar-refractivity contribution in [3.8, 4) is 6.07 Å². The van der Waals surface area contributed by atoms with E-state index in [4.69, 9.17) is 9.47 Å². The number of morpholine rings is 1. The van der Waals surface area contributed by atoms with Gasteiger partial charge in [0.2, 0.25) is 0 Å². The number of hydrogen-bond donors (Lipinski definition) is 3. The Morgan fingerprint density at radius 2 is 1.92 bits per heavy atom. The molecule has 4 saturated heterocycles. The molecule has 4 heterocycles. The van der Waals surface area contributed by atoms with Crippen LogP contribution in [0.1, 0.15) is 45.1 Å². The van der Waals surface area contributed by atoms with Crippen LogP contribution in [-0.2, 0) is 20.7 Å². The highest BCUT2D eigenvalue weighted by molar-refractivity contribution is 6.43. The van der Waals surface area contributed by atoms with Gasteiger partial charge < -0.3 is 29.7 Å². The van der Waals surface area contributed by atoms with Crippen LogP contribution in [-0.4, -0.2) is 94.9 Å². The molecule has 2 amide bonds. The maximum Gasteiger partial charge on any atom is 0.475 e. The molecule has 0 radical (unpaired) electrons. The summed E-state index contributed by atoms with van der Waals surface area (Å²) >= 11 is 0. The molecule has 204 valence electrons. The fraction of sp³-hybridized carbons (Fsp3) is 0.593. The lowest BCUT2D eigenvalue weighted by molar-refractivity contribution is -0.192. The third-order valence-electron chi connectivity index (χ3n) is 7.57. The second-order valence-electron chi connectivity index (χ2n) is 11.0. The first-order valence-corrected chi connectivity index (χ1v) is 13.3. The molecule has 4 aliphatic rings. The number of carbonyl (C=O) groups excluding carboxylic acids is 2. The molecule has 4 fully saturated rings. The molecule has 10 nitrogen and oxygen atoms in total. The van der Waals surface area contributed by atoms with E-state index in [1.165, 1.54) is 0 Å². The van der Waals surface area contributed by atoms with E-state index in [9.17, 15) is 24.9 Å². The van der Waals surface area contributed by atoms with Gasteiger partial charge >= 0.3 is 13.2 Å². The van der Waals surface area contributed by atoms with Crippen molar-refractivity contribution >= 4 is 19.1 Å². The normalized spacial score (nSPS) is 24.9. The summed E-state index contributed by atoms with van der Waals surface area (Å²) in [5, 5.41) is 31.9. The second-order valence-corrected chi connectivity index (χ2v) is 11.0. The molecule has 0 spiro atoms. The van der Waals surface area contributed by atoms with E-state index in [2.05, 4.69) is 16.3 Å². The van der Waals surface area contributed by atoms with Gasteiger partial charge in [0.25, 0.3) is 5.91 Å². The zero-order valence-electron chi connectivity index (χ0n) is 22.1. The molecule has 5 rings (SSSR count). The molecule has 0 saturated carbocycles. The number of nitrogens with zero attached hydrogens (tertiary/aromatic N) is 3. The number of carbonyl (C=O) groups is 2. The summed E-state index contributed by atoms with van der Waals surface area (Å²) in [4.78, 5) is 29.9. The third-order valence-corrected chi connectivity index (χ3v) is 7.57. The van der Waals surface area contributed by atoms with Gasteiger partial charge in [0.15, 0.2) is 0 Å². The summed E-state index contributed by atoms with van der Waals surface area (Å²) in [7, 11) is -1.76. The first kappa shape index (κ1) is 28.1. The Hall–Kier alpha value is -2.91. The number of rotatable bonds is 8. The van der Waals surface area contributed by atoms with Crippen molar-refractivity contribution in [1.82, 2.24) is 15.1 Å². The van der Waals surface area contributed by atoms with Gasteiger partial charge in [-0.1, -0.05) is 30.3 Å². The predicted molar refractivity (Wildman–Crippen MR) is 141 cm³/mol. The Morgan fingerprint density at radius 1 is 1.24 bits per heavy atom. The minimum Gasteiger partial charge on any atom is -0.444 e. The Bertz CT molecular complexity index is 1040. The van der Waals surface area contributed by atoms with Gasteiger partial charge in [0.05, 0.1) is 24.7 Å². The lowest BCUT2D eigenvalue weighted by Crippen LogP contribution is -2.62. The van der Waals surface area contributed by atoms with Gasteiger partial charge in [-0.15, -0.1) is 0 Å². The Labute approximate surface area is 224 Å². The highest BCUT2D eigenvalue weighted by Gasteiger charge is 2.43. The quantitative estimate of drug-likeness (QED) is 0.264. The van der Waals surface area contributed by atoms with Crippen LogP contribution < -0.4 is 5.32 Å². The summed E-state index contributed by atoms with van der Waals surface area (Å²) in [5.41, 5.74) is 0.429. The topological polar surface area (TPSA) is 135 Å². The maximum absolute atomic E-state index is 13.4. The second kappa shape index (κ2) is 12.3. The fourth-order valence-electron chi connectivity index (χ4n) is 5.40. The molecule has 3 unspecified atom stereocenters. The molecule has 38 heavy (non-hydrogen) atoms. The van der Waals surface area contributed by atoms with E-state index in [-0.39, 0.29) is 36.7 Å². The van der Waals surface area contributed by atoms with E-state index >= 15 is 0 Å². The number of likely N-dealkylation sites (tertiary alicyclic amines) is 1. The van der Waals surface area contributed by atoms with Gasteiger partial charge in [0, 0.05) is 31.6 Å². The number of fused-ring (bicyclic) bond motifs is 2. The molecule has 4 atom stereocenters. The van der Waals surface area contributed by atoms with Gasteiger partial charge in [-0.3, -0.25) is 9.69 Å². The van der Waals surface area contributed by atoms with Crippen LogP contribution in [0.2, 0.25) is 0 Å². The monoisotopic (exact) mass is 524 g/mol. The zero-order chi connectivity index (χ0) is 27.3. The summed E-state index contributed by atoms with van der Waals surface area (Å²) in [6.45, 7) is 6.18. The van der Waals surface area contributed by atoms with E-state index in [1.54, 1.807) is 11.0 Å². The summed E-state index contributed by atoms with van der Waals surface area (Å²) in [5.74, 6) is -1.32. The van der Waals surface area contributed by atoms with Gasteiger partial charge in [-0.2, -0.15) is 5.26 Å². The number of nitrogens with one attached hydrogen (secondary N) is 1. The molecule has 1 aromatic carbocycles. The lowest BCUT2D eigenvalue weighted by atomic mass is 9.76. The molecule has 2 bridgehead atoms. The average molecular weight is 524 g/mol. The van der Waals surface area contributed by atoms with Gasteiger partial charge in [-0.05, 0) is 51.2 Å². The Kier molecular flexibility index (Phi) is 9.10. The fourth-order valence-corrected chi connectivity index (χ4v) is 5.40. The van der Waals surface area contributed by atoms with Gasteiger partial charge in [0.1, 0.15) is 17.7 Å². The van der Waals surface area contributed by atoms with Crippen molar-refractivity contribution in [2.24, 2.45) is 0 Å². The number of benzene rings is 1. The van der Waals surface area contributed by atoms with Gasteiger partial charge in [-0.25, -0.2) is 4.79 Å². The van der Waals surface area contributed by atoms with Crippen molar-refractivity contribution in [2.45, 2.75) is 75.7 Å². The predicted octanol–water partition coefficient (Wildman–Crippen LogP) is 1.42. The number of nitriles is 1. The summed E-state index contributed by atoms with van der Waals surface area (Å²) in [6.07, 6.45) is 4.16. The van der Waals surface area contributed by atoms with Crippen molar-refractivity contribution in [3.05, 3.63) is 47.5 Å². The summed E-state index contributed by atoms with van der Waals surface area (Å²) < 4.78 is 11.3. The van der Waals surface area contributed by atoms with E-state index in [0.717, 1.165) is 37.9 Å². The Morgan fingerprint density at radius 3 is 2.55 bits per heavy atom. The van der Waals surface area contributed by atoms with Crippen molar-refractivity contribution < 1.29 is 29.1 Å². The minimum atomic E-state index is -1.76. The molecule has 4 aliphatic heterocycles. The van der Waals surface area contributed by atoms with E-state index in [0.29, 0.717) is 13.0 Å². The number of hydrogen-bond acceptors (Lipinski definition) is 8. The van der Waals surface area contributed by atoms with Crippen molar-refractivity contribution in [1.29, 1.82) is 5.26 Å². The maximum atomic E-state index is 13.4. The highest BCUT2D eigenvalue weighted by Crippen LogP contribution is 2.33. The van der Waals surface area contributed by atoms with Crippen LogP contribution in [0, 0.1) is 11.3 Å². The number of piperidine rings is 1. The van der Waals surface area contributed by atoms with Crippen LogP contribution in [0.5, 0.6) is 0 Å². The first-order valence-electron chi connectivity index (χ1n) is 13.3. The minimum absolute atomic E-state index is 0.0756. The van der Waals surface area contributed by atoms with Crippen LogP contribution in [0.4, 0.5) is 4.79 Å². The largest absolute Gasteiger partial charge is 0.475 e. The van der Waals surface area contributed by atoms with Crippen LogP contribution in [0.3, 0.4) is 0 Å². The number of ether oxygens (including phenoxy) is 2. The van der Waals surface area contributed by atoms with Crippen LogP contribution >= 0.6 is 0 Å². The molecule has 11 heteroatoms. The van der Waals surface area contributed by atoms with Crippen molar-refractivity contribution in [3.63, 3.8) is 0 Å². The van der Waals surface area contributed by atoms with E-state index in [1.807, 2.05) is 44.2 Å². The molecule has 0 aliphatic carbocycles. The van der Waals surface area contributed by atoms with E-state index < -0.39 is 30.8 Å². The molecular formula is C27H37BN4O6. The average Bonchev–Trinajstić information content (AvgIpc) is 3.12. The first-order chi connectivity index (χ1) is 18.1. The number of alkyl carbamates (subject to hydrolysis) is 1. The third kappa shape index (κ3) is 7.14. The lowest BCUT2D eigenvalue weighted by Gasteiger charge is -2.51. The van der Waals surface area contributed by atoms with Crippen LogP contribution in [0.25, 0.3) is 0 Å². The molecule has 0 aromatic heterocycles. The Balaban J connectivity index is 1.36. The molecule has 3 N–H and O–H groups in total. The van der Waals surface area contributed by atoms with Crippen LogP contribution in [0.15, 0.2) is 42.0 Å². The smallest absolute Gasteiger partial charge is 0.444 e. The molecular weight excluding hydrogens is 487 g/mol. The SMILES string of the molecule is CC(C)(C=C(C#N)C(=O)N1CCCC[C@@H](OC(=O)NC(Cc2ccccc2)B(O)O)C1)N1CC2CC(C1)O2. The summed E-state index contributed by atoms with van der Waals surface area (Å²) in [6, 6.07) is 11.3. The zero-order valence-corrected chi connectivity index (χ0v) is 22.1. The number of amides is 2.